The van der Waals surface area contributed by atoms with E-state index in [0.29, 0.717) is 0 Å². The van der Waals surface area contributed by atoms with Crippen LogP contribution in [0.2, 0.25) is 0 Å². The zero-order chi connectivity index (χ0) is 37.0. The average molecular weight is 730 g/mol. The summed E-state index contributed by atoms with van der Waals surface area (Å²) in [4.78, 5) is 0. The van der Waals surface area contributed by atoms with Crippen LogP contribution in [0.3, 0.4) is 0 Å². The summed E-state index contributed by atoms with van der Waals surface area (Å²) < 4.78 is 5.02. The fraction of sp³-hybridized carbons (Fsp3) is 0. The van der Waals surface area contributed by atoms with Gasteiger partial charge >= 0.3 is 0 Å². The Balaban J connectivity index is 1.03. The molecule has 0 aliphatic rings. The number of thiophene rings is 1. The van der Waals surface area contributed by atoms with Gasteiger partial charge in [-0.05, 0) is 128 Å². The maximum Gasteiger partial charge on any atom is 0.0541 e. The summed E-state index contributed by atoms with van der Waals surface area (Å²) in [5, 5.41) is 5.11. The normalized spacial score (nSPS) is 11.6. The molecule has 0 amide bonds. The van der Waals surface area contributed by atoms with Crippen molar-refractivity contribution in [1.82, 2.24) is 4.57 Å². The van der Waals surface area contributed by atoms with Crippen molar-refractivity contribution in [3.63, 3.8) is 0 Å². The molecule has 11 aromatic rings. The Bertz CT molecular complexity index is 3170. The van der Waals surface area contributed by atoms with Gasteiger partial charge in [0, 0.05) is 36.6 Å². The molecule has 0 spiro atoms. The van der Waals surface area contributed by atoms with Crippen molar-refractivity contribution in [3.8, 4) is 61.3 Å². The first-order valence-corrected chi connectivity index (χ1v) is 20.0. The van der Waals surface area contributed by atoms with Crippen LogP contribution in [-0.2, 0) is 0 Å². The first kappa shape index (κ1) is 32.4. The van der Waals surface area contributed by atoms with E-state index in [0.717, 1.165) is 5.69 Å². The highest BCUT2D eigenvalue weighted by Crippen LogP contribution is 2.41. The molecule has 0 aliphatic carbocycles. The Morgan fingerprint density at radius 2 is 0.679 bits per heavy atom. The maximum atomic E-state index is 2.41. The number of benzene rings is 9. The van der Waals surface area contributed by atoms with Crippen LogP contribution in [0.1, 0.15) is 0 Å². The zero-order valence-corrected chi connectivity index (χ0v) is 31.4. The van der Waals surface area contributed by atoms with Crippen LogP contribution < -0.4 is 0 Å². The third-order valence-corrected chi connectivity index (χ3v) is 12.3. The molecule has 0 atom stereocenters. The van der Waals surface area contributed by atoms with Crippen molar-refractivity contribution < 1.29 is 0 Å². The van der Waals surface area contributed by atoms with E-state index in [9.17, 15) is 0 Å². The minimum Gasteiger partial charge on any atom is -0.309 e. The Labute approximate surface area is 330 Å². The van der Waals surface area contributed by atoms with Crippen LogP contribution in [-0.4, -0.2) is 4.57 Å². The molecule has 2 heterocycles. The van der Waals surface area contributed by atoms with E-state index < -0.39 is 0 Å². The highest BCUT2D eigenvalue weighted by Gasteiger charge is 2.16. The van der Waals surface area contributed by atoms with E-state index in [2.05, 4.69) is 217 Å². The summed E-state index contributed by atoms with van der Waals surface area (Å²) >= 11 is 1.87. The van der Waals surface area contributed by atoms with Crippen molar-refractivity contribution in [3.05, 3.63) is 212 Å². The molecule has 0 N–H and O–H groups in total. The molecule has 262 valence electrons. The van der Waals surface area contributed by atoms with Crippen molar-refractivity contribution >= 4 is 53.3 Å². The minimum absolute atomic E-state index is 1.16. The second kappa shape index (κ2) is 13.4. The predicted octanol–water partition coefficient (Wildman–Crippen LogP) is 15.5. The van der Waals surface area contributed by atoms with Crippen LogP contribution in [0.15, 0.2) is 212 Å². The lowest BCUT2D eigenvalue weighted by atomic mass is 9.93. The van der Waals surface area contributed by atoms with Gasteiger partial charge in [0.25, 0.3) is 0 Å². The van der Waals surface area contributed by atoms with E-state index in [1.165, 1.54) is 97.6 Å². The Morgan fingerprint density at radius 3 is 1.29 bits per heavy atom. The van der Waals surface area contributed by atoms with Gasteiger partial charge in [-0.1, -0.05) is 140 Å². The van der Waals surface area contributed by atoms with Gasteiger partial charge in [0.2, 0.25) is 0 Å². The quantitative estimate of drug-likeness (QED) is 0.161. The molecule has 0 aliphatic heterocycles. The molecule has 2 aromatic heterocycles. The lowest BCUT2D eigenvalue weighted by Crippen LogP contribution is -1.94. The third kappa shape index (κ3) is 5.62. The van der Waals surface area contributed by atoms with Gasteiger partial charge in [-0.25, -0.2) is 0 Å². The number of rotatable bonds is 6. The van der Waals surface area contributed by atoms with Crippen LogP contribution >= 0.6 is 11.3 Å². The second-order valence-electron chi connectivity index (χ2n) is 14.6. The summed E-state index contributed by atoms with van der Waals surface area (Å²) in [7, 11) is 0. The molecule has 11 rings (SSSR count). The number of nitrogens with zero attached hydrogens (tertiary/aromatic N) is 1. The molecule has 56 heavy (non-hydrogen) atoms. The van der Waals surface area contributed by atoms with Gasteiger partial charge in [-0.3, -0.25) is 0 Å². The van der Waals surface area contributed by atoms with Crippen molar-refractivity contribution in [2.24, 2.45) is 0 Å². The molecule has 2 heteroatoms. The number of aromatic nitrogens is 1. The molecule has 0 radical (unpaired) electrons. The van der Waals surface area contributed by atoms with Crippen LogP contribution in [0.5, 0.6) is 0 Å². The number of hydrogen-bond acceptors (Lipinski definition) is 1. The molecule has 0 fully saturated rings. The zero-order valence-electron chi connectivity index (χ0n) is 30.6. The number of hydrogen-bond donors (Lipinski definition) is 0. The minimum atomic E-state index is 1.16. The van der Waals surface area contributed by atoms with E-state index >= 15 is 0 Å². The first-order valence-electron chi connectivity index (χ1n) is 19.2. The summed E-state index contributed by atoms with van der Waals surface area (Å²) in [6, 6.07) is 77.7. The van der Waals surface area contributed by atoms with E-state index in [1.54, 1.807) is 0 Å². The van der Waals surface area contributed by atoms with E-state index in [-0.39, 0.29) is 0 Å². The van der Waals surface area contributed by atoms with E-state index in [1.807, 2.05) is 11.3 Å². The Morgan fingerprint density at radius 1 is 0.250 bits per heavy atom. The van der Waals surface area contributed by atoms with Crippen LogP contribution in [0, 0.1) is 0 Å². The predicted molar refractivity (Wildman–Crippen MR) is 241 cm³/mol. The van der Waals surface area contributed by atoms with Gasteiger partial charge in [0.15, 0.2) is 0 Å². The molecule has 1 nitrogen and oxygen atoms in total. The lowest BCUT2D eigenvalue weighted by molar-refractivity contribution is 1.18. The fourth-order valence-electron chi connectivity index (χ4n) is 8.41. The summed E-state index contributed by atoms with van der Waals surface area (Å²) in [6.07, 6.45) is 0. The third-order valence-electron chi connectivity index (χ3n) is 11.2. The summed E-state index contributed by atoms with van der Waals surface area (Å²) in [5.41, 5.74) is 15.8. The van der Waals surface area contributed by atoms with Gasteiger partial charge in [0.1, 0.15) is 0 Å². The maximum absolute atomic E-state index is 2.41. The monoisotopic (exact) mass is 729 g/mol. The van der Waals surface area contributed by atoms with Gasteiger partial charge in [-0.15, -0.1) is 11.3 Å². The van der Waals surface area contributed by atoms with Gasteiger partial charge in [-0.2, -0.15) is 0 Å². The SMILES string of the molecule is c1ccc(-c2cc(-c3ccccc3)cc(-c3ccc4sc5ccc(-c6ccc7c(c6)c6ccccc6n7-c6cccc(-c7ccccc7)c6)cc5c4c3)c2)cc1. The topological polar surface area (TPSA) is 4.93 Å². The second-order valence-corrected chi connectivity index (χ2v) is 15.6. The molecular weight excluding hydrogens is 695 g/mol. The van der Waals surface area contributed by atoms with Crippen molar-refractivity contribution in [2.75, 3.05) is 0 Å². The van der Waals surface area contributed by atoms with Gasteiger partial charge in [0.05, 0.1) is 11.0 Å². The molecule has 0 bridgehead atoms. The van der Waals surface area contributed by atoms with Crippen molar-refractivity contribution in [1.29, 1.82) is 0 Å². The molecule has 0 saturated heterocycles. The molecule has 9 aromatic carbocycles. The first-order chi connectivity index (χ1) is 27.7. The Hall–Kier alpha value is -7.00. The highest BCUT2D eigenvalue weighted by molar-refractivity contribution is 7.25. The van der Waals surface area contributed by atoms with E-state index in [4.69, 9.17) is 0 Å². The average Bonchev–Trinajstić information content (AvgIpc) is 3.82. The summed E-state index contributed by atoms with van der Waals surface area (Å²) in [6.45, 7) is 0. The largest absolute Gasteiger partial charge is 0.309 e. The lowest BCUT2D eigenvalue weighted by Gasteiger charge is -2.12. The Kier molecular flexibility index (Phi) is 7.75. The standard InChI is InChI=1S/C54H35NS/c1-4-13-36(14-5-1)39-19-12-20-46(32-39)55-51-22-11-10-21-47(51)48-33-40(23-26-52(48)55)41-24-27-53-49(34-41)50-35-42(25-28-54(50)56-53)45-30-43(37-15-6-2-7-16-37)29-44(31-45)38-17-8-3-9-18-38/h1-35H. The van der Waals surface area contributed by atoms with Crippen molar-refractivity contribution in [2.45, 2.75) is 0 Å². The van der Waals surface area contributed by atoms with Crippen LogP contribution in [0.25, 0.3) is 103 Å². The molecule has 0 unspecified atom stereocenters. The fourth-order valence-corrected chi connectivity index (χ4v) is 9.48. The summed E-state index contributed by atoms with van der Waals surface area (Å²) in [5.74, 6) is 0. The number of para-hydroxylation sites is 1. The highest BCUT2D eigenvalue weighted by atomic mass is 32.1. The van der Waals surface area contributed by atoms with Crippen LogP contribution in [0.4, 0.5) is 0 Å². The molecule has 0 saturated carbocycles. The smallest absolute Gasteiger partial charge is 0.0541 e. The van der Waals surface area contributed by atoms with Gasteiger partial charge < -0.3 is 4.57 Å². The number of fused-ring (bicyclic) bond motifs is 6. The molecular formula is C54H35NS.